The van der Waals surface area contributed by atoms with Gasteiger partial charge in [-0.05, 0) is 61.9 Å². The van der Waals surface area contributed by atoms with E-state index < -0.39 is 12.1 Å². The number of nitrogens with one attached hydrogen (secondary N) is 3. The van der Waals surface area contributed by atoms with Crippen LogP contribution in [0.4, 0.5) is 9.18 Å². The zero-order valence-electron chi connectivity index (χ0n) is 26.4. The van der Waals surface area contributed by atoms with Crippen LogP contribution in [-0.4, -0.2) is 56.5 Å². The largest absolute Gasteiger partial charge is 0.457 e. The maximum atomic E-state index is 15.6. The highest BCUT2D eigenvalue weighted by Gasteiger charge is 2.37. The zero-order chi connectivity index (χ0) is 31.9. The smallest absolute Gasteiger partial charge is 0.407 e. The Morgan fingerprint density at radius 3 is 2.61 bits per heavy atom. The lowest BCUT2D eigenvalue weighted by Crippen LogP contribution is -2.51. The van der Waals surface area contributed by atoms with Crippen LogP contribution in [0.2, 0.25) is 0 Å². The summed E-state index contributed by atoms with van der Waals surface area (Å²) in [6.07, 6.45) is 9.89. The molecule has 2 aromatic carbocycles. The number of alkyl carbamates (subject to hydrolysis) is 1. The first-order valence-corrected chi connectivity index (χ1v) is 16.2. The van der Waals surface area contributed by atoms with Gasteiger partial charge in [-0.3, -0.25) is 4.79 Å². The van der Waals surface area contributed by atoms with Gasteiger partial charge in [-0.2, -0.15) is 0 Å². The quantitative estimate of drug-likeness (QED) is 0.179. The Labute approximate surface area is 267 Å². The number of rotatable bonds is 7. The molecule has 11 heteroatoms. The van der Waals surface area contributed by atoms with Crippen molar-refractivity contribution in [3.05, 3.63) is 71.2 Å². The molecule has 1 aliphatic carbocycles. The Bertz CT molecular complexity index is 1770. The SMILES string of the molecule is COC(=O)N[C@H](C(=O)N1CCC[C@H]1c1ncc(-c2cc3c(cc2F)Cc2cc(-c4ncc(C5CCCC5)[nH]4)ccc2O3)[nH]1)C(C)C. The predicted molar refractivity (Wildman–Crippen MR) is 170 cm³/mol. The number of methoxy groups -OCH3 is 1. The van der Waals surface area contributed by atoms with E-state index in [0.717, 1.165) is 34.7 Å². The van der Waals surface area contributed by atoms with E-state index in [4.69, 9.17) is 9.47 Å². The Morgan fingerprint density at radius 2 is 1.83 bits per heavy atom. The van der Waals surface area contributed by atoms with Crippen LogP contribution in [-0.2, 0) is 16.0 Å². The van der Waals surface area contributed by atoms with Crippen LogP contribution in [0.25, 0.3) is 22.6 Å². The second-order valence-corrected chi connectivity index (χ2v) is 12.9. The molecule has 4 aromatic rings. The van der Waals surface area contributed by atoms with Gasteiger partial charge in [-0.25, -0.2) is 19.2 Å². The van der Waals surface area contributed by atoms with E-state index >= 15 is 4.39 Å². The van der Waals surface area contributed by atoms with Gasteiger partial charge in [-0.1, -0.05) is 26.7 Å². The molecule has 7 rings (SSSR count). The van der Waals surface area contributed by atoms with Crippen LogP contribution in [0.3, 0.4) is 0 Å². The summed E-state index contributed by atoms with van der Waals surface area (Å²) in [6.45, 7) is 4.28. The highest BCUT2D eigenvalue weighted by Crippen LogP contribution is 2.42. The third-order valence-corrected chi connectivity index (χ3v) is 9.60. The molecule has 240 valence electrons. The van der Waals surface area contributed by atoms with Crippen molar-refractivity contribution in [1.82, 2.24) is 30.2 Å². The lowest BCUT2D eigenvalue weighted by molar-refractivity contribution is -0.135. The summed E-state index contributed by atoms with van der Waals surface area (Å²) < 4.78 is 26.7. The summed E-state index contributed by atoms with van der Waals surface area (Å²) in [5, 5.41) is 2.66. The number of likely N-dealkylation sites (tertiary alicyclic amines) is 1. The third-order valence-electron chi connectivity index (χ3n) is 9.60. The number of hydrogen-bond donors (Lipinski definition) is 3. The molecule has 4 heterocycles. The molecule has 0 bridgehead atoms. The van der Waals surface area contributed by atoms with Gasteiger partial charge in [0.2, 0.25) is 5.91 Å². The van der Waals surface area contributed by atoms with Crippen molar-refractivity contribution in [2.45, 2.75) is 76.8 Å². The number of ether oxygens (including phenoxy) is 2. The monoisotopic (exact) mass is 626 g/mol. The summed E-state index contributed by atoms with van der Waals surface area (Å²) in [6, 6.07) is 8.23. The fraction of sp³-hybridized carbons (Fsp3) is 0.429. The minimum atomic E-state index is -0.731. The van der Waals surface area contributed by atoms with E-state index in [1.807, 2.05) is 32.2 Å². The van der Waals surface area contributed by atoms with Crippen LogP contribution in [0, 0.1) is 11.7 Å². The Morgan fingerprint density at radius 1 is 1.02 bits per heavy atom. The number of H-pyrrole nitrogens is 2. The minimum absolute atomic E-state index is 0.138. The number of nitrogens with zero attached hydrogens (tertiary/aromatic N) is 3. The van der Waals surface area contributed by atoms with Gasteiger partial charge < -0.3 is 29.7 Å². The van der Waals surface area contributed by atoms with Crippen molar-refractivity contribution in [3.63, 3.8) is 0 Å². The van der Waals surface area contributed by atoms with E-state index in [9.17, 15) is 9.59 Å². The predicted octanol–water partition coefficient (Wildman–Crippen LogP) is 7.00. The van der Waals surface area contributed by atoms with Crippen molar-refractivity contribution < 1.29 is 23.5 Å². The number of fused-ring (bicyclic) bond motifs is 2. The Balaban J connectivity index is 1.09. The number of halogens is 1. The van der Waals surface area contributed by atoms with E-state index in [-0.39, 0.29) is 23.7 Å². The molecule has 1 saturated carbocycles. The molecular weight excluding hydrogens is 587 g/mol. The first-order chi connectivity index (χ1) is 22.3. The van der Waals surface area contributed by atoms with Crippen LogP contribution in [0.5, 0.6) is 11.5 Å². The van der Waals surface area contributed by atoms with Crippen LogP contribution in [0.15, 0.2) is 42.7 Å². The molecule has 2 atom stereocenters. The minimum Gasteiger partial charge on any atom is -0.457 e. The molecule has 46 heavy (non-hydrogen) atoms. The molecule has 0 spiro atoms. The van der Waals surface area contributed by atoms with Crippen LogP contribution < -0.4 is 10.1 Å². The van der Waals surface area contributed by atoms with Crippen molar-refractivity contribution in [1.29, 1.82) is 0 Å². The normalized spacial score (nSPS) is 18.3. The van der Waals surface area contributed by atoms with Crippen LogP contribution >= 0.6 is 0 Å². The molecule has 2 fully saturated rings. The molecule has 1 saturated heterocycles. The average molecular weight is 627 g/mol. The lowest BCUT2D eigenvalue weighted by atomic mass is 9.96. The van der Waals surface area contributed by atoms with Crippen molar-refractivity contribution in [2.24, 2.45) is 5.92 Å². The highest BCUT2D eigenvalue weighted by atomic mass is 19.1. The van der Waals surface area contributed by atoms with E-state index in [2.05, 4.69) is 31.3 Å². The molecular formula is C35H39FN6O4. The van der Waals surface area contributed by atoms with Gasteiger partial charge in [0.1, 0.15) is 35.0 Å². The van der Waals surface area contributed by atoms with E-state index in [0.29, 0.717) is 48.1 Å². The summed E-state index contributed by atoms with van der Waals surface area (Å²) in [5.74, 6) is 2.59. The number of benzene rings is 2. The standard InChI is InChI=1S/C35H39FN6O4/c1-19(2)31(41-35(44)45-3)34(43)42-12-6-9-28(42)33-38-18-27(40-33)24-16-30-23(15-25(24)36)14-22-13-21(10-11-29(22)46-30)32-37-17-26(39-32)20-7-4-5-8-20/h10-11,13,15-20,28,31H,4-9,12,14H2,1-3H3,(H,37,39)(H,38,40)(H,41,44)/t28-,31-/m0/s1. The number of aromatic amines is 2. The molecule has 10 nitrogen and oxygen atoms in total. The van der Waals surface area contributed by atoms with Gasteiger partial charge in [0.05, 0.1) is 25.0 Å². The maximum absolute atomic E-state index is 15.6. The maximum Gasteiger partial charge on any atom is 0.407 e. The zero-order valence-corrected chi connectivity index (χ0v) is 26.4. The van der Waals surface area contributed by atoms with Gasteiger partial charge in [-0.15, -0.1) is 0 Å². The Hall–Kier alpha value is -4.67. The van der Waals surface area contributed by atoms with Gasteiger partial charge >= 0.3 is 6.09 Å². The Kier molecular flexibility index (Phi) is 8.00. The second-order valence-electron chi connectivity index (χ2n) is 12.9. The summed E-state index contributed by atoms with van der Waals surface area (Å²) in [4.78, 5) is 43.1. The lowest BCUT2D eigenvalue weighted by Gasteiger charge is -2.30. The third kappa shape index (κ3) is 5.63. The van der Waals surface area contributed by atoms with E-state index in [1.165, 1.54) is 44.6 Å². The van der Waals surface area contributed by atoms with Crippen molar-refractivity contribution >= 4 is 12.0 Å². The molecule has 2 aliphatic heterocycles. The van der Waals surface area contributed by atoms with Gasteiger partial charge in [0.25, 0.3) is 0 Å². The number of carbonyl (C=O) groups is 2. The number of aromatic nitrogens is 4. The number of hydrogen-bond acceptors (Lipinski definition) is 6. The number of amides is 2. The molecule has 0 unspecified atom stereocenters. The summed E-state index contributed by atoms with van der Waals surface area (Å²) in [5.41, 5.74) is 4.77. The first kappa shape index (κ1) is 30.0. The van der Waals surface area contributed by atoms with Gasteiger partial charge in [0, 0.05) is 53.0 Å². The van der Waals surface area contributed by atoms with Crippen molar-refractivity contribution in [3.8, 4) is 34.1 Å². The number of carbonyl (C=O) groups excluding carboxylic acids is 2. The fourth-order valence-electron chi connectivity index (χ4n) is 7.08. The molecule has 2 amide bonds. The number of imidazole rings is 2. The van der Waals surface area contributed by atoms with E-state index in [1.54, 1.807) is 17.2 Å². The summed E-state index contributed by atoms with van der Waals surface area (Å²) in [7, 11) is 1.27. The van der Waals surface area contributed by atoms with Gasteiger partial charge in [0.15, 0.2) is 0 Å². The fourth-order valence-corrected chi connectivity index (χ4v) is 7.08. The first-order valence-electron chi connectivity index (χ1n) is 16.2. The molecule has 0 radical (unpaired) electrons. The van der Waals surface area contributed by atoms with Crippen LogP contribution in [0.1, 0.15) is 87.0 Å². The topological polar surface area (TPSA) is 125 Å². The second kappa shape index (κ2) is 12.3. The average Bonchev–Trinajstić information content (AvgIpc) is 3.88. The highest BCUT2D eigenvalue weighted by molar-refractivity contribution is 5.86. The molecule has 3 N–H and O–H groups in total. The molecule has 2 aromatic heterocycles. The molecule has 3 aliphatic rings. The van der Waals surface area contributed by atoms with Crippen molar-refractivity contribution in [2.75, 3.05) is 13.7 Å². The summed E-state index contributed by atoms with van der Waals surface area (Å²) >= 11 is 0.